The molecule has 1 aromatic rings. The van der Waals surface area contributed by atoms with Crippen LogP contribution in [0, 0.1) is 0 Å². The molecule has 1 aliphatic rings. The van der Waals surface area contributed by atoms with Crippen LogP contribution in [0.4, 0.5) is 5.69 Å². The molecule has 0 aromatic carbocycles. The summed E-state index contributed by atoms with van der Waals surface area (Å²) < 4.78 is 0. The van der Waals surface area contributed by atoms with Crippen molar-refractivity contribution in [2.45, 2.75) is 38.1 Å². The molecule has 5 heteroatoms. The zero-order valence-electron chi connectivity index (χ0n) is 9.29. The zero-order valence-corrected chi connectivity index (χ0v) is 10.8. The van der Waals surface area contributed by atoms with E-state index in [0.29, 0.717) is 16.3 Å². The SMILES string of the molecule is CN(c1cc(Cl)nnc1Cl)C1CCCCC1. The molecule has 0 atom stereocenters. The largest absolute Gasteiger partial charge is 0.369 e. The Balaban J connectivity index is 2.18. The normalized spacial score (nSPS) is 17.4. The first-order valence-corrected chi connectivity index (χ1v) is 6.35. The summed E-state index contributed by atoms with van der Waals surface area (Å²) in [7, 11) is 2.05. The van der Waals surface area contributed by atoms with Crippen LogP contribution in [0.1, 0.15) is 32.1 Å². The Labute approximate surface area is 106 Å². The van der Waals surface area contributed by atoms with Crippen molar-refractivity contribution in [3.63, 3.8) is 0 Å². The molecular formula is C11H15Cl2N3. The fourth-order valence-electron chi connectivity index (χ4n) is 2.26. The van der Waals surface area contributed by atoms with Crippen molar-refractivity contribution in [2.75, 3.05) is 11.9 Å². The van der Waals surface area contributed by atoms with Crippen LogP contribution in [0.5, 0.6) is 0 Å². The molecule has 0 radical (unpaired) electrons. The highest BCUT2D eigenvalue weighted by Crippen LogP contribution is 2.30. The molecule has 88 valence electrons. The van der Waals surface area contributed by atoms with Gasteiger partial charge in [-0.1, -0.05) is 42.5 Å². The van der Waals surface area contributed by atoms with Crippen molar-refractivity contribution in [1.29, 1.82) is 0 Å². The van der Waals surface area contributed by atoms with Gasteiger partial charge in [-0.05, 0) is 12.8 Å². The molecule has 1 saturated carbocycles. The standard InChI is InChI=1S/C11H15Cl2N3/c1-16(8-5-3-2-4-6-8)9-7-10(12)14-15-11(9)13/h7-8H,2-6H2,1H3. The Bertz CT molecular complexity index is 364. The summed E-state index contributed by atoms with van der Waals surface area (Å²) in [4.78, 5) is 2.18. The average molecular weight is 260 g/mol. The van der Waals surface area contributed by atoms with Crippen molar-refractivity contribution in [3.8, 4) is 0 Å². The maximum atomic E-state index is 6.04. The number of hydrogen-bond acceptors (Lipinski definition) is 3. The molecule has 2 rings (SSSR count). The minimum Gasteiger partial charge on any atom is -0.369 e. The molecule has 1 aromatic heterocycles. The van der Waals surface area contributed by atoms with E-state index in [1.165, 1.54) is 32.1 Å². The van der Waals surface area contributed by atoms with Gasteiger partial charge in [0, 0.05) is 19.2 Å². The third-order valence-electron chi connectivity index (χ3n) is 3.20. The zero-order chi connectivity index (χ0) is 11.5. The predicted octanol–water partition coefficient (Wildman–Crippen LogP) is 3.55. The minimum absolute atomic E-state index is 0.391. The smallest absolute Gasteiger partial charge is 0.175 e. The van der Waals surface area contributed by atoms with Crippen molar-refractivity contribution in [2.24, 2.45) is 0 Å². The van der Waals surface area contributed by atoms with E-state index in [2.05, 4.69) is 22.1 Å². The number of anilines is 1. The van der Waals surface area contributed by atoms with Crippen LogP contribution in [0.25, 0.3) is 0 Å². The molecule has 0 unspecified atom stereocenters. The average Bonchev–Trinajstić information content (AvgIpc) is 2.32. The summed E-state index contributed by atoms with van der Waals surface area (Å²) in [5.74, 6) is 0. The van der Waals surface area contributed by atoms with E-state index >= 15 is 0 Å². The Kier molecular flexibility index (Phi) is 3.87. The molecule has 0 N–H and O–H groups in total. The van der Waals surface area contributed by atoms with E-state index < -0.39 is 0 Å². The maximum Gasteiger partial charge on any atom is 0.175 e. The number of halogens is 2. The number of aromatic nitrogens is 2. The second kappa shape index (κ2) is 5.19. The molecule has 3 nitrogen and oxygen atoms in total. The van der Waals surface area contributed by atoms with Gasteiger partial charge < -0.3 is 4.90 Å². The number of nitrogens with zero attached hydrogens (tertiary/aromatic N) is 3. The van der Waals surface area contributed by atoms with Crippen molar-refractivity contribution >= 4 is 28.9 Å². The third kappa shape index (κ3) is 2.58. The lowest BCUT2D eigenvalue weighted by atomic mass is 9.94. The van der Waals surface area contributed by atoms with Crippen molar-refractivity contribution < 1.29 is 0 Å². The quantitative estimate of drug-likeness (QED) is 0.814. The van der Waals surface area contributed by atoms with E-state index in [1.807, 2.05) is 0 Å². The Morgan fingerprint density at radius 3 is 2.56 bits per heavy atom. The second-order valence-corrected chi connectivity index (χ2v) is 4.99. The monoisotopic (exact) mass is 259 g/mol. The lowest BCUT2D eigenvalue weighted by Gasteiger charge is -2.33. The molecule has 1 fully saturated rings. The van der Waals surface area contributed by atoms with Crippen LogP contribution in [-0.4, -0.2) is 23.3 Å². The summed E-state index contributed by atoms with van der Waals surface area (Å²) in [6, 6.07) is 2.33. The van der Waals surface area contributed by atoms with Crippen molar-refractivity contribution in [1.82, 2.24) is 10.2 Å². The van der Waals surface area contributed by atoms with E-state index in [4.69, 9.17) is 23.2 Å². The van der Waals surface area contributed by atoms with Gasteiger partial charge in [-0.15, -0.1) is 10.2 Å². The van der Waals surface area contributed by atoms with Crippen LogP contribution in [0.3, 0.4) is 0 Å². The first kappa shape index (κ1) is 11.9. The fraction of sp³-hybridized carbons (Fsp3) is 0.636. The van der Waals surface area contributed by atoms with Gasteiger partial charge in [0.1, 0.15) is 0 Å². The summed E-state index contributed by atoms with van der Waals surface area (Å²) in [6.45, 7) is 0. The van der Waals surface area contributed by atoms with Gasteiger partial charge in [-0.25, -0.2) is 0 Å². The number of rotatable bonds is 2. The second-order valence-electron chi connectivity index (χ2n) is 4.25. The highest BCUT2D eigenvalue weighted by Gasteiger charge is 2.20. The molecule has 0 aliphatic heterocycles. The molecule has 1 aliphatic carbocycles. The molecular weight excluding hydrogens is 245 g/mol. The van der Waals surface area contributed by atoms with Crippen LogP contribution in [-0.2, 0) is 0 Å². The number of hydrogen-bond donors (Lipinski definition) is 0. The minimum atomic E-state index is 0.391. The summed E-state index contributed by atoms with van der Waals surface area (Å²) in [5.41, 5.74) is 0.883. The lowest BCUT2D eigenvalue weighted by molar-refractivity contribution is 0.427. The Morgan fingerprint density at radius 1 is 1.19 bits per heavy atom. The van der Waals surface area contributed by atoms with Gasteiger partial charge in [0.05, 0.1) is 5.69 Å². The maximum absolute atomic E-state index is 6.04. The lowest BCUT2D eigenvalue weighted by Crippen LogP contribution is -2.33. The topological polar surface area (TPSA) is 29.0 Å². The van der Waals surface area contributed by atoms with Gasteiger partial charge in [0.2, 0.25) is 0 Å². The molecule has 0 saturated heterocycles. The summed E-state index contributed by atoms with van der Waals surface area (Å²) in [5, 5.41) is 8.38. The fourth-order valence-corrected chi connectivity index (χ4v) is 2.62. The first-order valence-electron chi connectivity index (χ1n) is 5.60. The molecule has 1 heterocycles. The van der Waals surface area contributed by atoms with Crippen LogP contribution in [0.2, 0.25) is 10.3 Å². The van der Waals surface area contributed by atoms with Crippen molar-refractivity contribution in [3.05, 3.63) is 16.4 Å². The van der Waals surface area contributed by atoms with Gasteiger partial charge in [-0.2, -0.15) is 0 Å². The summed E-state index contributed by atoms with van der Waals surface area (Å²) >= 11 is 11.9. The first-order chi connectivity index (χ1) is 7.68. The molecule has 0 spiro atoms. The van der Waals surface area contributed by atoms with Gasteiger partial charge in [0.15, 0.2) is 10.3 Å². The van der Waals surface area contributed by atoms with E-state index in [0.717, 1.165) is 5.69 Å². The molecule has 16 heavy (non-hydrogen) atoms. The van der Waals surface area contributed by atoms with Gasteiger partial charge in [-0.3, -0.25) is 0 Å². The van der Waals surface area contributed by atoms with Crippen LogP contribution >= 0.6 is 23.2 Å². The van der Waals surface area contributed by atoms with Gasteiger partial charge in [0.25, 0.3) is 0 Å². The Morgan fingerprint density at radius 2 is 1.88 bits per heavy atom. The third-order valence-corrected chi connectivity index (χ3v) is 3.66. The highest BCUT2D eigenvalue weighted by atomic mass is 35.5. The molecule has 0 bridgehead atoms. The molecule has 0 amide bonds. The van der Waals surface area contributed by atoms with E-state index in [9.17, 15) is 0 Å². The van der Waals surface area contributed by atoms with Gasteiger partial charge >= 0.3 is 0 Å². The van der Waals surface area contributed by atoms with E-state index in [1.54, 1.807) is 6.07 Å². The Hall–Kier alpha value is -0.540. The van der Waals surface area contributed by atoms with E-state index in [-0.39, 0.29) is 0 Å². The highest BCUT2D eigenvalue weighted by molar-refractivity contribution is 6.33. The summed E-state index contributed by atoms with van der Waals surface area (Å²) in [6.07, 6.45) is 6.35. The van der Waals surface area contributed by atoms with Crippen LogP contribution < -0.4 is 4.90 Å². The predicted molar refractivity (Wildman–Crippen MR) is 67.3 cm³/mol. The van der Waals surface area contributed by atoms with Crippen LogP contribution in [0.15, 0.2) is 6.07 Å².